The monoisotopic (exact) mass is 138 g/mol. The number of hydrogen-bond donors (Lipinski definition) is 0. The maximum absolute atomic E-state index is 5.10. The average Bonchev–Trinajstić information content (AvgIpc) is 1.87. The molecule has 0 aliphatic rings. The molecule has 0 rings (SSSR count). The van der Waals surface area contributed by atoms with Gasteiger partial charge in [0.05, 0.1) is 14.2 Å². The molecule has 0 aromatic heterocycles. The van der Waals surface area contributed by atoms with E-state index in [9.17, 15) is 0 Å². The summed E-state index contributed by atoms with van der Waals surface area (Å²) in [5, 5.41) is 0. The lowest BCUT2D eigenvalue weighted by molar-refractivity contribution is 0.352. The van der Waals surface area contributed by atoms with Crippen LogP contribution in [0.5, 0.6) is 0 Å². The van der Waals surface area contributed by atoms with Crippen LogP contribution >= 0.6 is 10.6 Å². The van der Waals surface area contributed by atoms with Crippen molar-refractivity contribution in [3.05, 3.63) is 0 Å². The van der Waals surface area contributed by atoms with Crippen molar-refractivity contribution in [3.8, 4) is 0 Å². The second kappa shape index (κ2) is 3.33. The van der Waals surface area contributed by atoms with Gasteiger partial charge < -0.3 is 0 Å². The van der Waals surface area contributed by atoms with Crippen LogP contribution in [-0.4, -0.2) is 26.2 Å². The second-order valence-corrected chi connectivity index (χ2v) is 4.64. The molecule has 52 valence electrons. The Bertz CT molecular complexity index is 53.2. The zero-order valence-electron chi connectivity index (χ0n) is 5.93. The first-order valence-corrected chi connectivity index (χ1v) is 4.61. The van der Waals surface area contributed by atoms with E-state index in [1.807, 2.05) is 6.26 Å². The Balaban J connectivity index is 3.58. The molecule has 0 unspecified atom stereocenters. The molecule has 0 aliphatic carbocycles. The smallest absolute Gasteiger partial charge is 0.0603 e. The normalized spacial score (nSPS) is 14.0. The standard InChI is InChI=1S/C5H14O2S/c1-5-8(4,6-2)7-3/h5H2,1-4H3. The highest BCUT2D eigenvalue weighted by atomic mass is 32.3. The lowest BCUT2D eigenvalue weighted by atomic mass is 11.0. The summed E-state index contributed by atoms with van der Waals surface area (Å²) >= 11 is 0. The molecule has 8 heavy (non-hydrogen) atoms. The van der Waals surface area contributed by atoms with Gasteiger partial charge in [-0.2, -0.15) is 10.6 Å². The SMILES string of the molecule is CCS(C)(OC)OC. The Kier molecular flexibility index (Phi) is 3.44. The van der Waals surface area contributed by atoms with E-state index in [-0.39, 0.29) is 0 Å². The molecule has 0 radical (unpaired) electrons. The Hall–Kier alpha value is 0.270. The van der Waals surface area contributed by atoms with Crippen molar-refractivity contribution in [2.45, 2.75) is 6.92 Å². The summed E-state index contributed by atoms with van der Waals surface area (Å²) < 4.78 is 10.2. The largest absolute Gasteiger partial charge is 0.288 e. The highest BCUT2D eigenvalue weighted by molar-refractivity contribution is 8.25. The third-order valence-electron chi connectivity index (χ3n) is 1.23. The topological polar surface area (TPSA) is 18.5 Å². The van der Waals surface area contributed by atoms with Crippen LogP contribution in [0.25, 0.3) is 0 Å². The van der Waals surface area contributed by atoms with Crippen LogP contribution in [0.1, 0.15) is 6.92 Å². The predicted molar refractivity (Wildman–Crippen MR) is 38.1 cm³/mol. The summed E-state index contributed by atoms with van der Waals surface area (Å²) in [5.74, 6) is 0.958. The molecule has 0 bridgehead atoms. The molecule has 0 saturated heterocycles. The van der Waals surface area contributed by atoms with E-state index in [1.54, 1.807) is 14.2 Å². The van der Waals surface area contributed by atoms with Gasteiger partial charge in [-0.25, -0.2) is 0 Å². The van der Waals surface area contributed by atoms with Crippen molar-refractivity contribution in [2.24, 2.45) is 0 Å². The van der Waals surface area contributed by atoms with Crippen LogP contribution in [0.4, 0.5) is 0 Å². The highest BCUT2D eigenvalue weighted by Crippen LogP contribution is 2.43. The lowest BCUT2D eigenvalue weighted by Crippen LogP contribution is -2.03. The van der Waals surface area contributed by atoms with Crippen LogP contribution in [0, 0.1) is 0 Å². The van der Waals surface area contributed by atoms with E-state index in [2.05, 4.69) is 6.92 Å². The maximum atomic E-state index is 5.10. The van der Waals surface area contributed by atoms with Crippen LogP contribution in [0.2, 0.25) is 0 Å². The molecule has 0 atom stereocenters. The van der Waals surface area contributed by atoms with E-state index >= 15 is 0 Å². The molecule has 0 fully saturated rings. The zero-order chi connectivity index (χ0) is 6.62. The van der Waals surface area contributed by atoms with Gasteiger partial charge in [-0.15, -0.1) is 0 Å². The predicted octanol–water partition coefficient (Wildman–Crippen LogP) is 1.56. The summed E-state index contributed by atoms with van der Waals surface area (Å²) in [4.78, 5) is 0. The molecule has 0 saturated carbocycles. The van der Waals surface area contributed by atoms with Crippen molar-refractivity contribution in [1.82, 2.24) is 0 Å². The van der Waals surface area contributed by atoms with Crippen LogP contribution in [-0.2, 0) is 8.37 Å². The molecule has 0 aromatic rings. The average molecular weight is 138 g/mol. The minimum atomic E-state index is -1.15. The number of hydrogen-bond acceptors (Lipinski definition) is 2. The van der Waals surface area contributed by atoms with Gasteiger partial charge in [-0.05, 0) is 6.92 Å². The van der Waals surface area contributed by atoms with E-state index in [0.29, 0.717) is 0 Å². The minimum absolute atomic E-state index is 0.958. The van der Waals surface area contributed by atoms with E-state index < -0.39 is 10.6 Å². The van der Waals surface area contributed by atoms with Gasteiger partial charge in [-0.3, -0.25) is 8.37 Å². The molecule has 0 N–H and O–H groups in total. The van der Waals surface area contributed by atoms with Gasteiger partial charge in [0, 0.05) is 12.0 Å². The van der Waals surface area contributed by atoms with Crippen LogP contribution in [0.15, 0.2) is 0 Å². The minimum Gasteiger partial charge on any atom is -0.288 e. The molecular formula is C5H14O2S. The van der Waals surface area contributed by atoms with Gasteiger partial charge in [0.15, 0.2) is 0 Å². The van der Waals surface area contributed by atoms with Crippen LogP contribution < -0.4 is 0 Å². The van der Waals surface area contributed by atoms with Crippen LogP contribution in [0.3, 0.4) is 0 Å². The van der Waals surface area contributed by atoms with E-state index in [1.165, 1.54) is 0 Å². The first-order valence-electron chi connectivity index (χ1n) is 2.55. The summed E-state index contributed by atoms with van der Waals surface area (Å²) in [6, 6.07) is 0. The van der Waals surface area contributed by atoms with Gasteiger partial charge in [0.1, 0.15) is 0 Å². The summed E-state index contributed by atoms with van der Waals surface area (Å²) in [7, 11) is 2.21. The molecule has 3 heteroatoms. The van der Waals surface area contributed by atoms with Gasteiger partial charge in [0.25, 0.3) is 0 Å². The van der Waals surface area contributed by atoms with Gasteiger partial charge in [0.2, 0.25) is 0 Å². The third kappa shape index (κ3) is 2.03. The molecule has 0 aliphatic heterocycles. The Morgan fingerprint density at radius 3 is 1.62 bits per heavy atom. The summed E-state index contributed by atoms with van der Waals surface area (Å²) in [5.41, 5.74) is 0. The third-order valence-corrected chi connectivity index (χ3v) is 3.69. The van der Waals surface area contributed by atoms with Crippen molar-refractivity contribution in [3.63, 3.8) is 0 Å². The van der Waals surface area contributed by atoms with Crippen molar-refractivity contribution >= 4 is 10.6 Å². The summed E-state index contributed by atoms with van der Waals surface area (Å²) in [6.07, 6.45) is 1.99. The summed E-state index contributed by atoms with van der Waals surface area (Å²) in [6.45, 7) is 2.06. The Morgan fingerprint density at radius 2 is 1.62 bits per heavy atom. The Morgan fingerprint density at radius 1 is 1.25 bits per heavy atom. The first-order chi connectivity index (χ1) is 3.68. The highest BCUT2D eigenvalue weighted by Gasteiger charge is 2.05. The molecule has 0 heterocycles. The fourth-order valence-corrected chi connectivity index (χ4v) is 0.911. The Labute approximate surface area is 52.9 Å². The van der Waals surface area contributed by atoms with Crippen molar-refractivity contribution in [1.29, 1.82) is 0 Å². The second-order valence-electron chi connectivity index (χ2n) is 1.55. The van der Waals surface area contributed by atoms with E-state index in [0.717, 1.165) is 5.75 Å². The fraction of sp³-hybridized carbons (Fsp3) is 1.00. The molecule has 0 amide bonds. The first kappa shape index (κ1) is 8.27. The van der Waals surface area contributed by atoms with Crippen molar-refractivity contribution in [2.75, 3.05) is 26.2 Å². The molecule has 0 spiro atoms. The van der Waals surface area contributed by atoms with Gasteiger partial charge >= 0.3 is 0 Å². The lowest BCUT2D eigenvalue weighted by Gasteiger charge is -2.35. The van der Waals surface area contributed by atoms with E-state index in [4.69, 9.17) is 8.37 Å². The fourth-order valence-electron chi connectivity index (χ4n) is 0.304. The quantitative estimate of drug-likeness (QED) is 0.589. The molecule has 0 aromatic carbocycles. The molecular weight excluding hydrogens is 124 g/mol. The maximum Gasteiger partial charge on any atom is 0.0603 e. The molecule has 2 nitrogen and oxygen atoms in total. The number of rotatable bonds is 3. The zero-order valence-corrected chi connectivity index (χ0v) is 6.75. The van der Waals surface area contributed by atoms with Gasteiger partial charge in [-0.1, -0.05) is 0 Å². The van der Waals surface area contributed by atoms with Crippen molar-refractivity contribution < 1.29 is 8.37 Å².